The predicted octanol–water partition coefficient (Wildman–Crippen LogP) is 0.957. The van der Waals surface area contributed by atoms with Gasteiger partial charge in [-0.2, -0.15) is 10.1 Å². The van der Waals surface area contributed by atoms with E-state index in [0.717, 1.165) is 5.01 Å². The molecule has 2 rings (SSSR count). The Labute approximate surface area is 127 Å². The highest BCUT2D eigenvalue weighted by molar-refractivity contribution is 7.80. The van der Waals surface area contributed by atoms with E-state index in [1.807, 2.05) is 19.1 Å². The Morgan fingerprint density at radius 1 is 1.57 bits per heavy atom. The fourth-order valence-electron chi connectivity index (χ4n) is 1.70. The van der Waals surface area contributed by atoms with E-state index in [-0.39, 0.29) is 10.8 Å². The van der Waals surface area contributed by atoms with Gasteiger partial charge in [-0.1, -0.05) is 18.7 Å². The van der Waals surface area contributed by atoms with Gasteiger partial charge in [-0.25, -0.2) is 0 Å². The summed E-state index contributed by atoms with van der Waals surface area (Å²) in [6, 6.07) is 7.27. The lowest BCUT2D eigenvalue weighted by Gasteiger charge is -2.11. The summed E-state index contributed by atoms with van der Waals surface area (Å²) in [4.78, 5) is 12.0. The van der Waals surface area contributed by atoms with Crippen molar-refractivity contribution >= 4 is 34.6 Å². The average molecular weight is 305 g/mol. The molecule has 1 aliphatic rings. The summed E-state index contributed by atoms with van der Waals surface area (Å²) < 4.78 is 5.46. The van der Waals surface area contributed by atoms with Gasteiger partial charge in [0, 0.05) is 0 Å². The van der Waals surface area contributed by atoms with Crippen molar-refractivity contribution in [2.24, 2.45) is 10.8 Å². The summed E-state index contributed by atoms with van der Waals surface area (Å²) >= 11 is 4.76. The molecule has 110 valence electrons. The first-order valence-electron chi connectivity index (χ1n) is 6.20. The quantitative estimate of drug-likeness (QED) is 0.567. The van der Waals surface area contributed by atoms with Crippen LogP contribution in [0.3, 0.4) is 0 Å². The number of nitrogens with one attached hydrogen (secondary N) is 2. The van der Waals surface area contributed by atoms with Crippen LogP contribution in [0.4, 0.5) is 5.69 Å². The molecular formula is C13H15N5O2S. The minimum atomic E-state index is -0.464. The van der Waals surface area contributed by atoms with E-state index < -0.39 is 5.91 Å². The number of thiocarbonyl (C=S) groups is 1. The number of para-hydroxylation sites is 2. The monoisotopic (exact) mass is 305 g/mol. The van der Waals surface area contributed by atoms with Crippen molar-refractivity contribution in [2.75, 3.05) is 12.0 Å². The van der Waals surface area contributed by atoms with Crippen LogP contribution in [-0.2, 0) is 4.79 Å². The first-order chi connectivity index (χ1) is 10.0. The molecule has 0 aliphatic carbocycles. The zero-order chi connectivity index (χ0) is 15.4. The third-order valence-electron chi connectivity index (χ3n) is 2.63. The molecule has 7 nitrogen and oxygen atoms in total. The number of hydrogen-bond acceptors (Lipinski definition) is 6. The highest BCUT2D eigenvalue weighted by atomic mass is 32.1. The second-order valence-corrected chi connectivity index (χ2v) is 4.49. The summed E-state index contributed by atoms with van der Waals surface area (Å²) in [5.74, 6) is 0.175. The Morgan fingerprint density at radius 2 is 2.29 bits per heavy atom. The summed E-state index contributed by atoms with van der Waals surface area (Å²) in [6.07, 6.45) is 0. The molecule has 0 spiro atoms. The van der Waals surface area contributed by atoms with Crippen LogP contribution in [0.1, 0.15) is 6.92 Å². The third-order valence-corrected chi connectivity index (χ3v) is 2.82. The fourth-order valence-corrected chi connectivity index (χ4v) is 1.83. The van der Waals surface area contributed by atoms with E-state index in [4.69, 9.17) is 22.7 Å². The van der Waals surface area contributed by atoms with E-state index in [1.165, 1.54) is 0 Å². The maximum absolute atomic E-state index is 12.0. The molecule has 1 heterocycles. The van der Waals surface area contributed by atoms with Crippen molar-refractivity contribution in [1.82, 2.24) is 10.4 Å². The molecule has 21 heavy (non-hydrogen) atoms. The van der Waals surface area contributed by atoms with Gasteiger partial charge < -0.3 is 10.5 Å². The lowest BCUT2D eigenvalue weighted by Crippen LogP contribution is -2.43. The van der Waals surface area contributed by atoms with Crippen LogP contribution in [0.15, 0.2) is 41.6 Å². The normalized spacial score (nSPS) is 16.0. The highest BCUT2D eigenvalue weighted by Crippen LogP contribution is 2.23. The molecule has 0 radical (unpaired) electrons. The van der Waals surface area contributed by atoms with Crippen LogP contribution in [0.25, 0.3) is 0 Å². The topological polar surface area (TPSA) is 92.0 Å². The highest BCUT2D eigenvalue weighted by Gasteiger charge is 2.32. The van der Waals surface area contributed by atoms with E-state index in [1.54, 1.807) is 12.1 Å². The van der Waals surface area contributed by atoms with Gasteiger partial charge in [0.15, 0.2) is 10.8 Å². The van der Waals surface area contributed by atoms with Crippen LogP contribution in [-0.4, -0.2) is 28.3 Å². The molecule has 8 heteroatoms. The third kappa shape index (κ3) is 3.11. The molecule has 0 saturated carbocycles. The minimum absolute atomic E-state index is 0.0962. The number of hydrogen-bond donors (Lipinski definition) is 3. The molecule has 1 fully saturated rings. The number of ether oxygens (including phenoxy) is 1. The van der Waals surface area contributed by atoms with Crippen molar-refractivity contribution < 1.29 is 9.53 Å². The zero-order valence-electron chi connectivity index (χ0n) is 11.4. The Hall–Kier alpha value is -2.61. The number of carbonyl (C=O) groups excluding carboxylic acids is 1. The molecule has 1 amide bonds. The Kier molecular flexibility index (Phi) is 4.39. The second kappa shape index (κ2) is 6.23. The van der Waals surface area contributed by atoms with Gasteiger partial charge in [0.1, 0.15) is 5.75 Å². The van der Waals surface area contributed by atoms with Gasteiger partial charge in [-0.3, -0.25) is 15.6 Å². The molecule has 1 aliphatic heterocycles. The number of anilines is 1. The van der Waals surface area contributed by atoms with Crippen molar-refractivity contribution in [2.45, 2.75) is 6.92 Å². The molecule has 4 N–H and O–H groups in total. The Balaban J connectivity index is 2.20. The maximum atomic E-state index is 12.0. The van der Waals surface area contributed by atoms with Gasteiger partial charge >= 0.3 is 5.91 Å². The van der Waals surface area contributed by atoms with Gasteiger partial charge in [0.05, 0.1) is 18.0 Å². The summed E-state index contributed by atoms with van der Waals surface area (Å²) in [5.41, 5.74) is 11.9. The molecule has 0 aromatic heterocycles. The SMILES string of the molecule is C=C1NN(C(N)=S)C(=O)/C1=N\Nc1ccccc1OCC. The second-order valence-electron chi connectivity index (χ2n) is 4.07. The minimum Gasteiger partial charge on any atom is -0.492 e. The van der Waals surface area contributed by atoms with E-state index >= 15 is 0 Å². The first-order valence-corrected chi connectivity index (χ1v) is 6.60. The van der Waals surface area contributed by atoms with Crippen molar-refractivity contribution in [3.05, 3.63) is 36.5 Å². The Bertz CT molecular complexity index is 629. The maximum Gasteiger partial charge on any atom is 0.301 e. The lowest BCUT2D eigenvalue weighted by atomic mass is 10.3. The van der Waals surface area contributed by atoms with Crippen LogP contribution >= 0.6 is 12.2 Å². The number of hydrazone groups is 1. The van der Waals surface area contributed by atoms with Crippen LogP contribution in [0, 0.1) is 0 Å². The van der Waals surface area contributed by atoms with Crippen LogP contribution in [0.5, 0.6) is 5.75 Å². The first kappa shape index (κ1) is 14.8. The average Bonchev–Trinajstić information content (AvgIpc) is 2.74. The van der Waals surface area contributed by atoms with Gasteiger partial charge in [-0.05, 0) is 31.3 Å². The number of carbonyl (C=O) groups is 1. The van der Waals surface area contributed by atoms with Crippen molar-refractivity contribution in [3.63, 3.8) is 0 Å². The summed E-state index contributed by atoms with van der Waals surface area (Å²) in [5, 5.41) is 4.96. The van der Waals surface area contributed by atoms with Gasteiger partial charge in [0.2, 0.25) is 0 Å². The van der Waals surface area contributed by atoms with Crippen LogP contribution < -0.4 is 21.3 Å². The molecular weight excluding hydrogens is 290 g/mol. The molecule has 1 aromatic carbocycles. The van der Waals surface area contributed by atoms with Gasteiger partial charge in [-0.15, -0.1) is 0 Å². The zero-order valence-corrected chi connectivity index (χ0v) is 12.2. The molecule has 1 saturated heterocycles. The summed E-state index contributed by atoms with van der Waals surface area (Å²) in [7, 11) is 0. The number of hydrazine groups is 1. The Morgan fingerprint density at radius 3 is 2.90 bits per heavy atom. The standard InChI is InChI=1S/C13H15N5O2S/c1-3-20-10-7-5-4-6-9(10)15-16-11-8(2)17-18(12(11)19)13(14)21/h4-7,15,17H,2-3H2,1H3,(H2,14,21)/b16-11-. The molecule has 0 unspecified atom stereocenters. The number of nitrogens with zero attached hydrogens (tertiary/aromatic N) is 2. The number of amides is 1. The molecule has 0 bridgehead atoms. The molecule has 0 atom stereocenters. The van der Waals surface area contributed by atoms with Crippen molar-refractivity contribution in [1.29, 1.82) is 0 Å². The van der Waals surface area contributed by atoms with E-state index in [9.17, 15) is 4.79 Å². The summed E-state index contributed by atoms with van der Waals surface area (Å²) in [6.45, 7) is 6.11. The number of benzene rings is 1. The molecule has 1 aromatic rings. The fraction of sp³-hybridized carbons (Fsp3) is 0.154. The van der Waals surface area contributed by atoms with E-state index in [2.05, 4.69) is 22.5 Å². The number of rotatable bonds is 4. The number of nitrogens with two attached hydrogens (primary N) is 1. The van der Waals surface area contributed by atoms with Gasteiger partial charge in [0.25, 0.3) is 0 Å². The van der Waals surface area contributed by atoms with Crippen molar-refractivity contribution in [3.8, 4) is 5.75 Å². The smallest absolute Gasteiger partial charge is 0.301 e. The lowest BCUT2D eigenvalue weighted by molar-refractivity contribution is -0.120. The van der Waals surface area contributed by atoms with Crippen LogP contribution in [0.2, 0.25) is 0 Å². The van der Waals surface area contributed by atoms with E-state index in [0.29, 0.717) is 23.7 Å². The largest absolute Gasteiger partial charge is 0.492 e. The predicted molar refractivity (Wildman–Crippen MR) is 84.6 cm³/mol.